The van der Waals surface area contributed by atoms with Crippen LogP contribution in [0.2, 0.25) is 0 Å². The van der Waals surface area contributed by atoms with Crippen LogP contribution in [0.3, 0.4) is 0 Å². The topological polar surface area (TPSA) is 94.8 Å². The van der Waals surface area contributed by atoms with Crippen molar-refractivity contribution in [1.82, 2.24) is 0 Å². The maximum absolute atomic E-state index is 14.2. The third-order valence-electron chi connectivity index (χ3n) is 13.7. The van der Waals surface area contributed by atoms with Crippen molar-refractivity contribution in [3.05, 3.63) is 94.0 Å². The zero-order valence-electron chi connectivity index (χ0n) is 37.5. The molecule has 0 saturated carbocycles. The van der Waals surface area contributed by atoms with Gasteiger partial charge in [-0.05, 0) is 164 Å². The van der Waals surface area contributed by atoms with Crippen molar-refractivity contribution in [3.8, 4) is 22.3 Å². The van der Waals surface area contributed by atoms with Crippen LogP contribution in [0.15, 0.2) is 65.6 Å². The van der Waals surface area contributed by atoms with Crippen LogP contribution >= 0.6 is 7.94 Å². The number of hydrogen-bond donors (Lipinski definition) is 3. The molecule has 0 heterocycles. The summed E-state index contributed by atoms with van der Waals surface area (Å²) in [5.74, 6) is 1.32. The number of benzene rings is 5. The van der Waals surface area contributed by atoms with Crippen LogP contribution < -0.4 is 5.30 Å². The zero-order chi connectivity index (χ0) is 43.0. The lowest BCUT2D eigenvalue weighted by atomic mass is 9.79. The lowest BCUT2D eigenvalue weighted by Gasteiger charge is -2.27. The third-order valence-corrected chi connectivity index (χ3v) is 15.9. The van der Waals surface area contributed by atoms with E-state index in [0.29, 0.717) is 23.0 Å². The molecular formula is C51H70O5PS+. The molecule has 0 saturated heterocycles. The predicted molar refractivity (Wildman–Crippen MR) is 251 cm³/mol. The van der Waals surface area contributed by atoms with Crippen molar-refractivity contribution < 1.29 is 23.1 Å². The minimum atomic E-state index is -4.71. The number of sulfone groups is 1. The Morgan fingerprint density at radius 1 is 0.483 bits per heavy atom. The quantitative estimate of drug-likeness (QED) is 0.0862. The molecule has 5 aromatic rings. The molecule has 0 aliphatic rings. The van der Waals surface area contributed by atoms with E-state index >= 15 is 0 Å². The molecule has 7 heteroatoms. The fraction of sp³-hybridized carbons (Fsp3) is 0.490. The van der Waals surface area contributed by atoms with E-state index in [1.807, 2.05) is 0 Å². The fourth-order valence-electron chi connectivity index (χ4n) is 8.62. The fourth-order valence-corrected chi connectivity index (χ4v) is 10.3. The van der Waals surface area contributed by atoms with Crippen LogP contribution in [0.25, 0.3) is 43.8 Å². The molecule has 0 bridgehead atoms. The Hall–Kier alpha value is -3.12. The molecule has 6 unspecified atom stereocenters. The van der Waals surface area contributed by atoms with Gasteiger partial charge in [0, 0.05) is 17.4 Å². The van der Waals surface area contributed by atoms with E-state index < -0.39 is 17.8 Å². The second-order valence-electron chi connectivity index (χ2n) is 17.6. The Balaban J connectivity index is 2.12. The number of fused-ring (bicyclic) bond motifs is 2. The molecule has 0 aliphatic carbocycles. The molecule has 3 N–H and O–H groups in total. The molecule has 0 aliphatic heterocycles. The van der Waals surface area contributed by atoms with Gasteiger partial charge in [0.05, 0.1) is 4.90 Å². The van der Waals surface area contributed by atoms with Gasteiger partial charge in [-0.2, -0.15) is 14.7 Å². The van der Waals surface area contributed by atoms with E-state index in [1.165, 1.54) is 40.6 Å². The summed E-state index contributed by atoms with van der Waals surface area (Å²) in [4.78, 5) is 34.4. The molecule has 314 valence electrons. The summed E-state index contributed by atoms with van der Waals surface area (Å²) in [6.07, 6.45) is 6.77. The monoisotopic (exact) mass is 825 g/mol. The summed E-state index contributed by atoms with van der Waals surface area (Å²) in [5, 5.41) is 4.33. The highest BCUT2D eigenvalue weighted by molar-refractivity contribution is 7.90. The van der Waals surface area contributed by atoms with Crippen molar-refractivity contribution in [2.45, 2.75) is 162 Å². The van der Waals surface area contributed by atoms with Crippen molar-refractivity contribution in [1.29, 1.82) is 0 Å². The minimum absolute atomic E-state index is 0.0340. The van der Waals surface area contributed by atoms with Crippen LogP contribution in [0, 0.1) is 0 Å². The Kier molecular flexibility index (Phi) is 14.5. The molecule has 0 radical (unpaired) electrons. The smallest absolute Gasteiger partial charge is 0.224 e. The first-order valence-corrected chi connectivity index (χ1v) is 25.5. The van der Waals surface area contributed by atoms with Crippen molar-refractivity contribution in [2.24, 2.45) is 0 Å². The van der Waals surface area contributed by atoms with Gasteiger partial charge < -0.3 is 0 Å². The molecular weight excluding hydrogens is 756 g/mol. The molecule has 6 atom stereocenters. The SMILES string of the molecule is CCC(C)c1cc(C(C)CC)c2cc(-c3c([P+](O)(O)O)ccc(S(C)(=O)=O)c3-c3cc4c(C(C)CC)cc(C(C)CC)cc4cc3C(C)CC)c(C(C)CC)cc2c1. The third kappa shape index (κ3) is 8.98. The average molecular weight is 826 g/mol. The highest BCUT2D eigenvalue weighted by atomic mass is 32.2. The van der Waals surface area contributed by atoms with Crippen molar-refractivity contribution in [3.63, 3.8) is 0 Å². The summed E-state index contributed by atoms with van der Waals surface area (Å²) in [6.45, 7) is 26.5. The second kappa shape index (κ2) is 18.2. The molecule has 0 amide bonds. The van der Waals surface area contributed by atoms with E-state index in [9.17, 15) is 23.1 Å². The Morgan fingerprint density at radius 2 is 0.845 bits per heavy atom. The first-order valence-electron chi connectivity index (χ1n) is 21.9. The molecule has 0 spiro atoms. The summed E-state index contributed by atoms with van der Waals surface area (Å²) in [5.41, 5.74) is 9.29. The van der Waals surface area contributed by atoms with Crippen LogP contribution in [0.1, 0.15) is 190 Å². The summed E-state index contributed by atoms with van der Waals surface area (Å²) in [6, 6.07) is 21.0. The van der Waals surface area contributed by atoms with Crippen LogP contribution in [0.5, 0.6) is 0 Å². The summed E-state index contributed by atoms with van der Waals surface area (Å²) >= 11 is 0. The Labute approximate surface area is 350 Å². The molecule has 0 aromatic heterocycles. The van der Waals surface area contributed by atoms with Crippen LogP contribution in [-0.2, 0) is 9.84 Å². The highest BCUT2D eigenvalue weighted by Gasteiger charge is 2.41. The van der Waals surface area contributed by atoms with Crippen molar-refractivity contribution >= 4 is 44.6 Å². The second-order valence-corrected chi connectivity index (χ2v) is 21.2. The van der Waals surface area contributed by atoms with Gasteiger partial charge in [0.2, 0.25) is 0 Å². The van der Waals surface area contributed by atoms with Crippen molar-refractivity contribution in [2.75, 3.05) is 6.26 Å². The van der Waals surface area contributed by atoms with Gasteiger partial charge in [0.1, 0.15) is 0 Å². The molecule has 5 rings (SSSR count). The molecule has 5 aromatic carbocycles. The van der Waals surface area contributed by atoms with Gasteiger partial charge in [-0.3, -0.25) is 0 Å². The van der Waals surface area contributed by atoms with E-state index in [-0.39, 0.29) is 33.9 Å². The Bertz CT molecular complexity index is 2390. The minimum Gasteiger partial charge on any atom is -0.224 e. The molecule has 0 fully saturated rings. The zero-order valence-corrected chi connectivity index (χ0v) is 39.2. The van der Waals surface area contributed by atoms with Crippen LogP contribution in [0.4, 0.5) is 0 Å². The maximum atomic E-state index is 14.2. The van der Waals surface area contributed by atoms with Gasteiger partial charge in [-0.1, -0.05) is 119 Å². The normalized spacial score (nSPS) is 15.7. The van der Waals surface area contributed by atoms with E-state index in [1.54, 1.807) is 0 Å². The lowest BCUT2D eigenvalue weighted by Crippen LogP contribution is -2.18. The van der Waals surface area contributed by atoms with Gasteiger partial charge in [-0.15, -0.1) is 0 Å². The summed E-state index contributed by atoms with van der Waals surface area (Å²) < 4.78 is 28.4. The Morgan fingerprint density at radius 3 is 1.19 bits per heavy atom. The maximum Gasteiger partial charge on any atom is 0.441 e. The lowest BCUT2D eigenvalue weighted by molar-refractivity contribution is 0.347. The van der Waals surface area contributed by atoms with Gasteiger partial charge in [0.25, 0.3) is 0 Å². The van der Waals surface area contributed by atoms with E-state index in [4.69, 9.17) is 0 Å². The largest absolute Gasteiger partial charge is 0.441 e. The average Bonchev–Trinajstić information content (AvgIpc) is 3.21. The van der Waals surface area contributed by atoms with E-state index in [0.717, 1.165) is 82.3 Å². The predicted octanol–water partition coefficient (Wildman–Crippen LogP) is 14.2. The standard InChI is InChI=1S/C51H70O5PS/c1-14-30(7)36-22-38-26-42(34(11)18-5)46(28-44(38)40(24-36)32(9)16-3)50-48(57(52,53)54)20-21-49(58(13,55)56)51(50)47-29-45-39(27-43(47)35(12)19-6)23-37(31(8)15-2)25-41(45)33(10)17-4/h20-35,52-54H,14-19H2,1-13H3/q+1. The van der Waals surface area contributed by atoms with Gasteiger partial charge in [0.15, 0.2) is 15.1 Å². The van der Waals surface area contributed by atoms with Gasteiger partial charge >= 0.3 is 7.94 Å². The van der Waals surface area contributed by atoms with Crippen LogP contribution in [-0.4, -0.2) is 29.4 Å². The number of hydrogen-bond acceptors (Lipinski definition) is 5. The summed E-state index contributed by atoms with van der Waals surface area (Å²) in [7, 11) is -8.60. The van der Waals surface area contributed by atoms with Gasteiger partial charge in [-0.25, -0.2) is 8.42 Å². The molecule has 5 nitrogen and oxygen atoms in total. The first-order chi connectivity index (χ1) is 27.2. The molecule has 58 heavy (non-hydrogen) atoms. The number of rotatable bonds is 16. The first kappa shape index (κ1) is 46.0. The highest BCUT2D eigenvalue weighted by Crippen LogP contribution is 2.53. The van der Waals surface area contributed by atoms with E-state index in [2.05, 4.69) is 132 Å².